The molecule has 1 aromatic rings. The molecule has 17 heavy (non-hydrogen) atoms. The molecule has 9 heteroatoms. The van der Waals surface area contributed by atoms with Crippen molar-refractivity contribution in [1.82, 2.24) is 0 Å². The minimum absolute atomic E-state index is 0.0231. The number of nitrogens with zero attached hydrogens (tertiary/aromatic N) is 3. The molecule has 0 unspecified atom stereocenters. The number of aliphatic imine (C=N–C) groups is 2. The van der Waals surface area contributed by atoms with Crippen LogP contribution in [-0.4, -0.2) is 16.8 Å². The molecule has 0 radical (unpaired) electrons. The van der Waals surface area contributed by atoms with Crippen LogP contribution in [0.5, 0.6) is 0 Å². The molecule has 0 saturated carbocycles. The first-order valence-corrected chi connectivity index (χ1v) is 4.66. The van der Waals surface area contributed by atoms with Crippen LogP contribution in [0.1, 0.15) is 0 Å². The van der Waals surface area contributed by atoms with E-state index in [4.69, 9.17) is 28.8 Å². The van der Waals surface area contributed by atoms with Gasteiger partial charge in [-0.1, -0.05) is 17.7 Å². The number of nitro benzene ring substituents is 1. The van der Waals surface area contributed by atoms with E-state index in [0.717, 1.165) is 0 Å². The summed E-state index contributed by atoms with van der Waals surface area (Å²) in [5.74, 6) is -0.591. The van der Waals surface area contributed by atoms with Gasteiger partial charge in [0.2, 0.25) is 5.96 Å². The monoisotopic (exact) mass is 256 g/mol. The molecule has 0 spiro atoms. The lowest BCUT2D eigenvalue weighted by atomic mass is 10.3. The van der Waals surface area contributed by atoms with Crippen molar-refractivity contribution >= 4 is 34.9 Å². The van der Waals surface area contributed by atoms with Crippen LogP contribution in [-0.2, 0) is 0 Å². The molecule has 6 N–H and O–H groups in total. The maximum atomic E-state index is 10.8. The largest absolute Gasteiger partial charge is 0.370 e. The van der Waals surface area contributed by atoms with Crippen molar-refractivity contribution in [3.63, 3.8) is 0 Å². The Hall–Kier alpha value is -2.35. The van der Waals surface area contributed by atoms with E-state index in [9.17, 15) is 10.1 Å². The standard InChI is InChI=1S/C8H9ClN6O2/c9-4-2-1-3-5(6(4)15(16)17)13-8(12)14-7(10)11/h1-3H,(H6,10,11,12,13,14). The summed E-state index contributed by atoms with van der Waals surface area (Å²) in [7, 11) is 0. The third-order valence-corrected chi connectivity index (χ3v) is 1.93. The first-order valence-electron chi connectivity index (χ1n) is 4.28. The SMILES string of the molecule is NC(N)=NC(N)=Nc1cccc(Cl)c1[N+](=O)[O-]. The quantitative estimate of drug-likeness (QED) is 0.305. The Morgan fingerprint density at radius 2 is 2.00 bits per heavy atom. The van der Waals surface area contributed by atoms with Gasteiger partial charge in [-0.25, -0.2) is 4.99 Å². The van der Waals surface area contributed by atoms with Crippen LogP contribution >= 0.6 is 11.6 Å². The van der Waals surface area contributed by atoms with E-state index in [-0.39, 0.29) is 28.3 Å². The maximum Gasteiger partial charge on any atom is 0.313 e. The fraction of sp³-hybridized carbons (Fsp3) is 0. The molecule has 0 fully saturated rings. The number of hydrogen-bond donors (Lipinski definition) is 3. The number of rotatable bonds is 2. The number of guanidine groups is 2. The topological polar surface area (TPSA) is 146 Å². The number of hydrogen-bond acceptors (Lipinski definition) is 3. The Morgan fingerprint density at radius 1 is 1.35 bits per heavy atom. The number of benzene rings is 1. The zero-order valence-corrected chi connectivity index (χ0v) is 9.26. The maximum absolute atomic E-state index is 10.8. The number of nitrogens with two attached hydrogens (primary N) is 3. The fourth-order valence-corrected chi connectivity index (χ4v) is 1.29. The Kier molecular flexibility index (Phi) is 3.83. The van der Waals surface area contributed by atoms with Crippen LogP contribution < -0.4 is 17.2 Å². The smallest absolute Gasteiger partial charge is 0.313 e. The van der Waals surface area contributed by atoms with Crippen LogP contribution in [0.4, 0.5) is 11.4 Å². The summed E-state index contributed by atoms with van der Waals surface area (Å²) in [5, 5.41) is 10.7. The Morgan fingerprint density at radius 3 is 2.53 bits per heavy atom. The van der Waals surface area contributed by atoms with Crippen molar-refractivity contribution in [2.24, 2.45) is 27.2 Å². The summed E-state index contributed by atoms with van der Waals surface area (Å²) in [5.41, 5.74) is 15.1. The molecule has 0 aromatic heterocycles. The molecule has 1 rings (SSSR count). The van der Waals surface area contributed by atoms with E-state index in [0.29, 0.717) is 0 Å². The molecule has 90 valence electrons. The van der Waals surface area contributed by atoms with Gasteiger partial charge < -0.3 is 17.2 Å². The van der Waals surface area contributed by atoms with Crippen LogP contribution in [0, 0.1) is 10.1 Å². The van der Waals surface area contributed by atoms with Crippen molar-refractivity contribution in [3.05, 3.63) is 33.3 Å². The van der Waals surface area contributed by atoms with E-state index in [1.807, 2.05) is 0 Å². The fourth-order valence-electron chi connectivity index (χ4n) is 1.06. The zero-order chi connectivity index (χ0) is 13.0. The first-order chi connectivity index (χ1) is 7.91. The molecule has 0 bridgehead atoms. The highest BCUT2D eigenvalue weighted by Crippen LogP contribution is 2.34. The van der Waals surface area contributed by atoms with Gasteiger partial charge in [-0.05, 0) is 12.1 Å². The van der Waals surface area contributed by atoms with Crippen LogP contribution in [0.15, 0.2) is 28.2 Å². The van der Waals surface area contributed by atoms with Crippen molar-refractivity contribution < 1.29 is 4.92 Å². The summed E-state index contributed by atoms with van der Waals surface area (Å²) in [6, 6.07) is 4.24. The average Bonchev–Trinajstić information content (AvgIpc) is 2.15. The van der Waals surface area contributed by atoms with E-state index in [1.165, 1.54) is 18.2 Å². The number of halogens is 1. The van der Waals surface area contributed by atoms with Crippen molar-refractivity contribution in [3.8, 4) is 0 Å². The van der Waals surface area contributed by atoms with Gasteiger partial charge in [0.15, 0.2) is 5.96 Å². The van der Waals surface area contributed by atoms with E-state index < -0.39 is 4.92 Å². The van der Waals surface area contributed by atoms with Crippen molar-refractivity contribution in [1.29, 1.82) is 0 Å². The summed E-state index contributed by atoms with van der Waals surface area (Å²) >= 11 is 5.68. The van der Waals surface area contributed by atoms with Gasteiger partial charge in [-0.15, -0.1) is 0 Å². The highest BCUT2D eigenvalue weighted by Gasteiger charge is 2.18. The molecular formula is C8H9ClN6O2. The summed E-state index contributed by atoms with van der Waals surface area (Å²) in [6.07, 6.45) is 0. The minimum atomic E-state index is -0.663. The third-order valence-electron chi connectivity index (χ3n) is 1.63. The summed E-state index contributed by atoms with van der Waals surface area (Å²) < 4.78 is 0. The molecule has 0 amide bonds. The summed E-state index contributed by atoms with van der Waals surface area (Å²) in [4.78, 5) is 17.2. The molecule has 0 aliphatic heterocycles. The lowest BCUT2D eigenvalue weighted by molar-refractivity contribution is -0.383. The lowest BCUT2D eigenvalue weighted by Gasteiger charge is -1.99. The molecule has 0 atom stereocenters. The van der Waals surface area contributed by atoms with Gasteiger partial charge in [0.05, 0.1) is 4.92 Å². The lowest BCUT2D eigenvalue weighted by Crippen LogP contribution is -2.26. The van der Waals surface area contributed by atoms with Gasteiger partial charge in [-0.3, -0.25) is 10.1 Å². The van der Waals surface area contributed by atoms with Gasteiger partial charge in [0.25, 0.3) is 0 Å². The highest BCUT2D eigenvalue weighted by molar-refractivity contribution is 6.33. The second kappa shape index (κ2) is 5.12. The van der Waals surface area contributed by atoms with Crippen molar-refractivity contribution in [2.75, 3.05) is 0 Å². The molecule has 1 aromatic carbocycles. The first kappa shape index (κ1) is 12.7. The molecule has 0 aliphatic carbocycles. The average molecular weight is 257 g/mol. The second-order valence-corrected chi connectivity index (χ2v) is 3.28. The van der Waals surface area contributed by atoms with Gasteiger partial charge in [0.1, 0.15) is 10.7 Å². The van der Waals surface area contributed by atoms with Crippen LogP contribution in [0.25, 0.3) is 0 Å². The Bertz CT molecular complexity index is 509. The summed E-state index contributed by atoms with van der Waals surface area (Å²) in [6.45, 7) is 0. The third kappa shape index (κ3) is 3.31. The highest BCUT2D eigenvalue weighted by atomic mass is 35.5. The predicted octanol–water partition coefficient (Wildman–Crippen LogP) is 0.468. The van der Waals surface area contributed by atoms with Gasteiger partial charge in [0, 0.05) is 0 Å². The Balaban J connectivity index is 3.28. The van der Waals surface area contributed by atoms with Crippen molar-refractivity contribution in [2.45, 2.75) is 0 Å². The zero-order valence-electron chi connectivity index (χ0n) is 8.50. The molecular weight excluding hydrogens is 248 g/mol. The molecule has 8 nitrogen and oxygen atoms in total. The number of para-hydroxylation sites is 1. The van der Waals surface area contributed by atoms with Gasteiger partial charge >= 0.3 is 5.69 Å². The Labute approximate surface area is 101 Å². The molecule has 0 saturated heterocycles. The second-order valence-electron chi connectivity index (χ2n) is 2.87. The molecule has 0 aliphatic rings. The number of nitro groups is 1. The molecule has 0 heterocycles. The van der Waals surface area contributed by atoms with Crippen LogP contribution in [0.3, 0.4) is 0 Å². The normalized spacial score (nSPS) is 11.0. The van der Waals surface area contributed by atoms with Crippen LogP contribution in [0.2, 0.25) is 5.02 Å². The predicted molar refractivity (Wildman–Crippen MR) is 65.2 cm³/mol. The van der Waals surface area contributed by atoms with Gasteiger partial charge in [-0.2, -0.15) is 4.99 Å². The minimum Gasteiger partial charge on any atom is -0.370 e. The van der Waals surface area contributed by atoms with E-state index in [1.54, 1.807) is 0 Å². The van der Waals surface area contributed by atoms with E-state index >= 15 is 0 Å². The van der Waals surface area contributed by atoms with E-state index in [2.05, 4.69) is 9.98 Å².